The smallest absolute Gasteiger partial charge is 0.0983 e. The molecule has 0 spiro atoms. The standard InChI is InChI=1S/C14H22BrNO/c1-10(2)8-9-17-14(11(3)16)12-6-4-5-7-13(12)15/h4-7,10-11,14H,8-9,16H2,1-3H3. The Morgan fingerprint density at radius 1 is 1.24 bits per heavy atom. The van der Waals surface area contributed by atoms with Crippen molar-refractivity contribution in [2.75, 3.05) is 6.61 Å². The van der Waals surface area contributed by atoms with Gasteiger partial charge in [-0.05, 0) is 30.9 Å². The van der Waals surface area contributed by atoms with Crippen molar-refractivity contribution in [3.05, 3.63) is 34.3 Å². The molecule has 2 atom stereocenters. The molecule has 1 aromatic rings. The lowest BCUT2D eigenvalue weighted by Gasteiger charge is -2.23. The first-order chi connectivity index (χ1) is 8.02. The van der Waals surface area contributed by atoms with Crippen LogP contribution in [0.2, 0.25) is 0 Å². The van der Waals surface area contributed by atoms with E-state index in [2.05, 4.69) is 35.8 Å². The fraction of sp³-hybridized carbons (Fsp3) is 0.571. The topological polar surface area (TPSA) is 35.2 Å². The van der Waals surface area contributed by atoms with Crippen LogP contribution in [-0.4, -0.2) is 12.6 Å². The van der Waals surface area contributed by atoms with E-state index >= 15 is 0 Å². The van der Waals surface area contributed by atoms with Gasteiger partial charge in [-0.1, -0.05) is 48.0 Å². The van der Waals surface area contributed by atoms with Crippen molar-refractivity contribution in [1.29, 1.82) is 0 Å². The Kier molecular flexibility index (Phi) is 6.17. The summed E-state index contributed by atoms with van der Waals surface area (Å²) in [5.41, 5.74) is 7.14. The van der Waals surface area contributed by atoms with Gasteiger partial charge in [-0.3, -0.25) is 0 Å². The first-order valence-corrected chi connectivity index (χ1v) is 6.93. The van der Waals surface area contributed by atoms with Crippen molar-refractivity contribution in [3.63, 3.8) is 0 Å². The molecule has 0 aromatic heterocycles. The Morgan fingerprint density at radius 3 is 2.41 bits per heavy atom. The molecular formula is C14H22BrNO. The van der Waals surface area contributed by atoms with Crippen LogP contribution in [0.4, 0.5) is 0 Å². The largest absolute Gasteiger partial charge is 0.372 e. The highest BCUT2D eigenvalue weighted by molar-refractivity contribution is 9.10. The van der Waals surface area contributed by atoms with Gasteiger partial charge in [-0.25, -0.2) is 0 Å². The maximum Gasteiger partial charge on any atom is 0.0983 e. The summed E-state index contributed by atoms with van der Waals surface area (Å²) in [6, 6.07) is 8.09. The number of nitrogens with two attached hydrogens (primary N) is 1. The molecule has 96 valence electrons. The second-order valence-electron chi connectivity index (χ2n) is 4.85. The van der Waals surface area contributed by atoms with E-state index in [-0.39, 0.29) is 12.1 Å². The van der Waals surface area contributed by atoms with Crippen LogP contribution in [0.15, 0.2) is 28.7 Å². The van der Waals surface area contributed by atoms with Crippen LogP contribution < -0.4 is 5.73 Å². The maximum atomic E-state index is 6.01. The van der Waals surface area contributed by atoms with Crippen LogP contribution in [-0.2, 0) is 4.74 Å². The summed E-state index contributed by atoms with van der Waals surface area (Å²) < 4.78 is 6.99. The van der Waals surface area contributed by atoms with E-state index in [1.165, 1.54) is 0 Å². The summed E-state index contributed by atoms with van der Waals surface area (Å²) in [5, 5.41) is 0. The zero-order valence-electron chi connectivity index (χ0n) is 10.8. The molecule has 0 aliphatic heterocycles. The minimum atomic E-state index is -0.0377. The van der Waals surface area contributed by atoms with Crippen LogP contribution in [0.1, 0.15) is 38.9 Å². The highest BCUT2D eigenvalue weighted by atomic mass is 79.9. The second kappa shape index (κ2) is 7.14. The summed E-state index contributed by atoms with van der Waals surface area (Å²) in [6.45, 7) is 7.13. The zero-order valence-corrected chi connectivity index (χ0v) is 12.4. The molecule has 17 heavy (non-hydrogen) atoms. The van der Waals surface area contributed by atoms with Crippen molar-refractivity contribution >= 4 is 15.9 Å². The Balaban J connectivity index is 2.69. The molecule has 0 aliphatic rings. The molecule has 2 unspecified atom stereocenters. The first-order valence-electron chi connectivity index (χ1n) is 6.14. The van der Waals surface area contributed by atoms with Crippen molar-refractivity contribution in [2.24, 2.45) is 11.7 Å². The van der Waals surface area contributed by atoms with E-state index < -0.39 is 0 Å². The fourth-order valence-electron chi connectivity index (χ4n) is 1.66. The molecular weight excluding hydrogens is 278 g/mol. The average Bonchev–Trinajstić information content (AvgIpc) is 2.25. The fourth-order valence-corrected chi connectivity index (χ4v) is 2.17. The molecule has 1 aromatic carbocycles. The van der Waals surface area contributed by atoms with Gasteiger partial charge < -0.3 is 10.5 Å². The van der Waals surface area contributed by atoms with Crippen LogP contribution in [0, 0.1) is 5.92 Å². The van der Waals surface area contributed by atoms with E-state index in [1.807, 2.05) is 25.1 Å². The quantitative estimate of drug-likeness (QED) is 0.864. The molecule has 0 radical (unpaired) electrons. The van der Waals surface area contributed by atoms with E-state index in [9.17, 15) is 0 Å². The summed E-state index contributed by atoms with van der Waals surface area (Å²) in [7, 11) is 0. The predicted octanol–water partition coefficient (Wildman–Crippen LogP) is 3.90. The summed E-state index contributed by atoms with van der Waals surface area (Å²) >= 11 is 3.55. The van der Waals surface area contributed by atoms with Crippen LogP contribution >= 0.6 is 15.9 Å². The van der Waals surface area contributed by atoms with E-state index in [0.29, 0.717) is 5.92 Å². The Bertz CT molecular complexity index is 339. The monoisotopic (exact) mass is 299 g/mol. The predicted molar refractivity (Wildman–Crippen MR) is 75.9 cm³/mol. The third-order valence-corrected chi connectivity index (χ3v) is 3.40. The third-order valence-electron chi connectivity index (χ3n) is 2.68. The van der Waals surface area contributed by atoms with Crippen molar-refractivity contribution in [2.45, 2.75) is 39.3 Å². The molecule has 0 amide bonds. The van der Waals surface area contributed by atoms with Crippen molar-refractivity contribution < 1.29 is 4.74 Å². The summed E-state index contributed by atoms with van der Waals surface area (Å²) in [5.74, 6) is 0.656. The van der Waals surface area contributed by atoms with Gasteiger partial charge >= 0.3 is 0 Å². The molecule has 3 heteroatoms. The number of hydrogen-bond acceptors (Lipinski definition) is 2. The van der Waals surface area contributed by atoms with E-state index in [4.69, 9.17) is 10.5 Å². The highest BCUT2D eigenvalue weighted by Crippen LogP contribution is 2.28. The van der Waals surface area contributed by atoms with Crippen LogP contribution in [0.5, 0.6) is 0 Å². The van der Waals surface area contributed by atoms with Gasteiger partial charge in [0.2, 0.25) is 0 Å². The van der Waals surface area contributed by atoms with Crippen molar-refractivity contribution in [3.8, 4) is 0 Å². The minimum absolute atomic E-state index is 0.0131. The molecule has 2 N–H and O–H groups in total. The third kappa shape index (κ3) is 4.78. The van der Waals surface area contributed by atoms with Gasteiger partial charge in [0.1, 0.15) is 0 Å². The molecule has 0 aliphatic carbocycles. The van der Waals surface area contributed by atoms with Gasteiger partial charge in [-0.2, -0.15) is 0 Å². The van der Waals surface area contributed by atoms with Gasteiger partial charge in [0.25, 0.3) is 0 Å². The van der Waals surface area contributed by atoms with E-state index in [1.54, 1.807) is 0 Å². The van der Waals surface area contributed by atoms with Gasteiger partial charge in [0, 0.05) is 17.1 Å². The number of rotatable bonds is 6. The van der Waals surface area contributed by atoms with Crippen LogP contribution in [0.25, 0.3) is 0 Å². The number of halogens is 1. The Hall–Kier alpha value is -0.380. The maximum absolute atomic E-state index is 6.01. The number of ether oxygens (including phenoxy) is 1. The van der Waals surface area contributed by atoms with Crippen LogP contribution in [0.3, 0.4) is 0 Å². The second-order valence-corrected chi connectivity index (χ2v) is 5.71. The Morgan fingerprint density at radius 2 is 1.88 bits per heavy atom. The first kappa shape index (κ1) is 14.7. The lowest BCUT2D eigenvalue weighted by molar-refractivity contribution is 0.0317. The average molecular weight is 300 g/mol. The Labute approximate surface area is 113 Å². The lowest BCUT2D eigenvalue weighted by atomic mass is 10.0. The molecule has 0 bridgehead atoms. The zero-order chi connectivity index (χ0) is 12.8. The van der Waals surface area contributed by atoms with Crippen molar-refractivity contribution in [1.82, 2.24) is 0 Å². The van der Waals surface area contributed by atoms with E-state index in [0.717, 1.165) is 23.1 Å². The van der Waals surface area contributed by atoms with Gasteiger partial charge in [-0.15, -0.1) is 0 Å². The number of hydrogen-bond donors (Lipinski definition) is 1. The van der Waals surface area contributed by atoms with Gasteiger partial charge in [0.15, 0.2) is 0 Å². The highest BCUT2D eigenvalue weighted by Gasteiger charge is 2.19. The number of benzene rings is 1. The molecule has 0 fully saturated rings. The molecule has 0 saturated heterocycles. The SMILES string of the molecule is CC(C)CCOC(c1ccccc1Br)C(C)N. The normalized spacial score (nSPS) is 14.9. The van der Waals surface area contributed by atoms with Gasteiger partial charge in [0.05, 0.1) is 6.10 Å². The molecule has 0 heterocycles. The molecule has 2 nitrogen and oxygen atoms in total. The lowest BCUT2D eigenvalue weighted by Crippen LogP contribution is -2.27. The molecule has 0 saturated carbocycles. The molecule has 1 rings (SSSR count). The summed E-state index contributed by atoms with van der Waals surface area (Å²) in [4.78, 5) is 0. The minimum Gasteiger partial charge on any atom is -0.372 e. The summed E-state index contributed by atoms with van der Waals surface area (Å²) in [6.07, 6.45) is 1.03.